The first-order valence-electron chi connectivity index (χ1n) is 14.5. The molecule has 48 heavy (non-hydrogen) atoms. The molecule has 5 rings (SSSR count). The lowest BCUT2D eigenvalue weighted by molar-refractivity contribution is -0.142. The molecule has 3 atom stereocenters. The predicted molar refractivity (Wildman–Crippen MR) is 157 cm³/mol. The Morgan fingerprint density at radius 2 is 1.06 bits per heavy atom. The number of hydrogen-bond acceptors (Lipinski definition) is 15. The largest absolute Gasteiger partial charge is 0.458 e. The fourth-order valence-corrected chi connectivity index (χ4v) is 3.83. The molecule has 3 unspecified atom stereocenters. The second-order valence-corrected chi connectivity index (χ2v) is 10.4. The van der Waals surface area contributed by atoms with Crippen molar-refractivity contribution in [3.05, 3.63) is 89.5 Å². The van der Waals surface area contributed by atoms with E-state index in [1.807, 2.05) is 0 Å². The molecule has 15 nitrogen and oxygen atoms in total. The molecule has 0 bridgehead atoms. The van der Waals surface area contributed by atoms with Gasteiger partial charge in [-0.15, -0.1) is 0 Å². The molecule has 0 saturated carbocycles. The summed E-state index contributed by atoms with van der Waals surface area (Å²) in [5.41, 5.74) is -0.0544. The van der Waals surface area contributed by atoms with Crippen LogP contribution in [0.4, 0.5) is 0 Å². The van der Waals surface area contributed by atoms with Crippen molar-refractivity contribution in [1.29, 1.82) is 0 Å². The van der Waals surface area contributed by atoms with Gasteiger partial charge in [0.1, 0.15) is 36.6 Å². The van der Waals surface area contributed by atoms with Crippen LogP contribution in [-0.4, -0.2) is 91.8 Å². The van der Waals surface area contributed by atoms with Crippen molar-refractivity contribution in [2.75, 3.05) is 26.4 Å². The lowest BCUT2D eigenvalue weighted by Crippen LogP contribution is -2.31. The van der Waals surface area contributed by atoms with Gasteiger partial charge in [-0.3, -0.25) is 0 Å². The first kappa shape index (κ1) is 33.7. The minimum Gasteiger partial charge on any atom is -0.458 e. The summed E-state index contributed by atoms with van der Waals surface area (Å²) < 4.78 is 41.3. The molecule has 250 valence electrons. The van der Waals surface area contributed by atoms with E-state index in [1.54, 1.807) is 0 Å². The minimum absolute atomic E-state index is 0.00896. The number of carbonyl (C=O) groups is 6. The maximum Gasteiger partial charge on any atom is 0.343 e. The number of ether oxygens (including phenoxy) is 8. The highest BCUT2D eigenvalue weighted by molar-refractivity contribution is 5.92. The Hall–Kier alpha value is -5.64. The molecule has 3 aromatic carbocycles. The van der Waals surface area contributed by atoms with Crippen molar-refractivity contribution in [2.24, 2.45) is 0 Å². The van der Waals surface area contributed by atoms with Gasteiger partial charge in [-0.25, -0.2) is 28.8 Å². The second kappa shape index (κ2) is 15.3. The van der Waals surface area contributed by atoms with Crippen molar-refractivity contribution < 1.29 is 71.8 Å². The van der Waals surface area contributed by atoms with Crippen molar-refractivity contribution in [3.63, 3.8) is 0 Å². The van der Waals surface area contributed by atoms with Crippen molar-refractivity contribution in [3.8, 4) is 17.2 Å². The zero-order valence-electron chi connectivity index (χ0n) is 25.2. The van der Waals surface area contributed by atoms with Crippen LogP contribution in [0.1, 0.15) is 38.0 Å². The van der Waals surface area contributed by atoms with Gasteiger partial charge in [0.25, 0.3) is 0 Å². The van der Waals surface area contributed by atoms with Crippen LogP contribution in [0, 0.1) is 0 Å². The number of benzene rings is 3. The quantitative estimate of drug-likeness (QED) is 0.113. The van der Waals surface area contributed by atoms with Gasteiger partial charge in [0.2, 0.25) is 0 Å². The van der Waals surface area contributed by atoms with Gasteiger partial charge in [0.05, 0.1) is 29.9 Å². The molecule has 2 aliphatic heterocycles. The van der Waals surface area contributed by atoms with Gasteiger partial charge in [-0.05, 0) is 61.5 Å². The van der Waals surface area contributed by atoms with Crippen LogP contribution in [0.2, 0.25) is 0 Å². The first-order valence-corrected chi connectivity index (χ1v) is 14.5. The Balaban J connectivity index is 1.25. The third kappa shape index (κ3) is 9.68. The number of carbonyl (C=O) groups excluding carboxylic acids is 6. The normalized spacial score (nSPS) is 17.1. The Kier molecular flexibility index (Phi) is 10.7. The number of aliphatic hydroxyl groups excluding tert-OH is 1. The Bertz CT molecular complexity index is 1620. The third-order valence-electron chi connectivity index (χ3n) is 6.47. The average molecular weight is 665 g/mol. The molecule has 0 aliphatic carbocycles. The van der Waals surface area contributed by atoms with Gasteiger partial charge in [0, 0.05) is 0 Å². The number of epoxide rings is 2. The topological polar surface area (TPSA) is 203 Å². The van der Waals surface area contributed by atoms with Crippen LogP contribution in [0.5, 0.6) is 17.2 Å². The van der Waals surface area contributed by atoms with Gasteiger partial charge < -0.3 is 43.0 Å². The monoisotopic (exact) mass is 664 g/mol. The van der Waals surface area contributed by atoms with Gasteiger partial charge in [-0.1, -0.05) is 18.2 Å². The molecule has 2 fully saturated rings. The smallest absolute Gasteiger partial charge is 0.343 e. The Morgan fingerprint density at radius 1 is 0.667 bits per heavy atom. The van der Waals surface area contributed by atoms with Crippen molar-refractivity contribution >= 4 is 35.8 Å². The van der Waals surface area contributed by atoms with E-state index < -0.39 is 73.4 Å². The zero-order valence-corrected chi connectivity index (χ0v) is 25.2. The lowest BCUT2D eigenvalue weighted by atomic mass is 10.2. The van der Waals surface area contributed by atoms with E-state index >= 15 is 0 Å². The first-order chi connectivity index (χ1) is 23.0. The van der Waals surface area contributed by atoms with Crippen LogP contribution < -0.4 is 14.2 Å². The molecule has 2 saturated heterocycles. The number of aliphatic hydroxyl groups is 1. The summed E-state index contributed by atoms with van der Waals surface area (Å²) in [7, 11) is 0. The maximum atomic E-state index is 13.1. The molecule has 2 heterocycles. The molecule has 0 spiro atoms. The number of rotatable bonds is 14. The summed E-state index contributed by atoms with van der Waals surface area (Å²) in [4.78, 5) is 74.4. The molecule has 0 radical (unpaired) electrons. The van der Waals surface area contributed by atoms with Gasteiger partial charge in [0.15, 0.2) is 18.3 Å². The van der Waals surface area contributed by atoms with Crippen LogP contribution in [0.3, 0.4) is 0 Å². The molecule has 0 amide bonds. The second-order valence-electron chi connectivity index (χ2n) is 10.4. The van der Waals surface area contributed by atoms with Gasteiger partial charge in [-0.2, -0.15) is 0 Å². The molecule has 2 aliphatic rings. The summed E-state index contributed by atoms with van der Waals surface area (Å²) >= 11 is 0. The Morgan fingerprint density at radius 3 is 1.46 bits per heavy atom. The molecular weight excluding hydrogens is 636 g/mol. The summed E-state index contributed by atoms with van der Waals surface area (Å²) in [6.07, 6.45) is -4.05. The minimum atomic E-state index is -1.41. The highest BCUT2D eigenvalue weighted by atomic mass is 16.6. The zero-order chi connectivity index (χ0) is 34.2. The highest BCUT2D eigenvalue weighted by Gasteiger charge is 2.34. The summed E-state index contributed by atoms with van der Waals surface area (Å²) in [6, 6.07) is 16.5. The van der Waals surface area contributed by atoms with Crippen LogP contribution >= 0.6 is 0 Å². The van der Waals surface area contributed by atoms with Gasteiger partial charge >= 0.3 is 35.8 Å². The van der Waals surface area contributed by atoms with E-state index in [-0.39, 0.29) is 47.2 Å². The summed E-state index contributed by atoms with van der Waals surface area (Å²) in [5, 5.41) is 9.41. The standard InChI is InChI=1S/C33H28O15/c1-18(34)28(35)45-22-8-4-7-21(13-22)31(38)48-25(14-43-29(36)19-5-2-9-23(11-19)46-32(39)26-16-41-26)15-44-30(37)20-6-3-10-24(12-20)47-33(40)27-17-42-27/h2-13,18,25-27,34H,14-17H2,1H3. The molecule has 15 heteroatoms. The fraction of sp³-hybridized carbons (Fsp3) is 0.273. The molecule has 0 aromatic heterocycles. The maximum absolute atomic E-state index is 13.1. The van der Waals surface area contributed by atoms with E-state index in [2.05, 4.69) is 0 Å². The van der Waals surface area contributed by atoms with Crippen LogP contribution in [-0.2, 0) is 38.1 Å². The van der Waals surface area contributed by atoms with Crippen molar-refractivity contribution in [2.45, 2.75) is 31.3 Å². The summed E-state index contributed by atoms with van der Waals surface area (Å²) in [6.45, 7) is 0.557. The van der Waals surface area contributed by atoms with Crippen molar-refractivity contribution in [1.82, 2.24) is 0 Å². The van der Waals surface area contributed by atoms with E-state index in [1.165, 1.54) is 79.7 Å². The third-order valence-corrected chi connectivity index (χ3v) is 6.47. The summed E-state index contributed by atoms with van der Waals surface area (Å²) in [5.74, 6) is -4.75. The van der Waals surface area contributed by atoms with Crippen LogP contribution in [0.25, 0.3) is 0 Å². The van der Waals surface area contributed by atoms with E-state index in [0.717, 1.165) is 0 Å². The SMILES string of the molecule is CC(O)C(=O)Oc1cccc(C(=O)OC(COC(=O)c2cccc(OC(=O)C3CO3)c2)COC(=O)c2cccc(OC(=O)C3CO3)c2)c1. The van der Waals surface area contributed by atoms with Crippen LogP contribution in [0.15, 0.2) is 72.8 Å². The predicted octanol–water partition coefficient (Wildman–Crippen LogP) is 1.82. The number of esters is 6. The molecule has 1 N–H and O–H groups in total. The molecule has 3 aromatic rings. The van der Waals surface area contributed by atoms with E-state index in [4.69, 9.17) is 37.9 Å². The van der Waals surface area contributed by atoms with E-state index in [0.29, 0.717) is 0 Å². The lowest BCUT2D eigenvalue weighted by Gasteiger charge is -2.18. The Labute approximate surface area is 272 Å². The van der Waals surface area contributed by atoms with E-state index in [9.17, 15) is 33.9 Å². The fourth-order valence-electron chi connectivity index (χ4n) is 3.83. The average Bonchev–Trinajstić information content (AvgIpc) is 3.99. The highest BCUT2D eigenvalue weighted by Crippen LogP contribution is 2.21. The molecular formula is C33H28O15. The number of hydrogen-bond donors (Lipinski definition) is 1.